The Kier molecular flexibility index (Phi) is 15.1. The van der Waals surface area contributed by atoms with Crippen molar-refractivity contribution in [3.63, 3.8) is 0 Å². The molecule has 0 aromatic rings. The molecule has 0 aliphatic carbocycles. The number of carboxylic acids is 1. The number of aliphatic hydroxyl groups excluding tert-OH is 2. The fourth-order valence-corrected chi connectivity index (χ4v) is 2.62. The van der Waals surface area contributed by atoms with Crippen LogP contribution in [0.4, 0.5) is 0 Å². The van der Waals surface area contributed by atoms with Gasteiger partial charge < -0.3 is 54.2 Å². The average molecular weight is 477 g/mol. The normalized spacial score (nSPS) is 14.3. The molecule has 15 nitrogen and oxygen atoms in total. The van der Waals surface area contributed by atoms with Gasteiger partial charge in [0, 0.05) is 6.54 Å². The molecule has 0 aromatic heterocycles. The standard InChI is InChI=1S/C18H36N8O7/c19-6-2-1-4-12(17(32)33)25-16(31)13(9-28)26-15(30)11(5-3-7-23-18(21)22)24-14(29)10(20)8-27/h10-13,27-28H,1-9,19-20H2,(H,24,29)(H,25,31)(H,26,30)(H,32,33)(H4,21,22,23). The lowest BCUT2D eigenvalue weighted by atomic mass is 10.1. The second-order valence-corrected chi connectivity index (χ2v) is 7.23. The summed E-state index contributed by atoms with van der Waals surface area (Å²) in [6, 6.07) is -5.17. The lowest BCUT2D eigenvalue weighted by Crippen LogP contribution is -2.58. The van der Waals surface area contributed by atoms with E-state index in [0.29, 0.717) is 19.4 Å². The second-order valence-electron chi connectivity index (χ2n) is 7.23. The first-order valence-electron chi connectivity index (χ1n) is 10.4. The van der Waals surface area contributed by atoms with Gasteiger partial charge in [0.15, 0.2) is 5.96 Å². The Hall–Kier alpha value is -3.01. The number of aliphatic hydroxyl groups is 2. The van der Waals surface area contributed by atoms with Gasteiger partial charge in [-0.25, -0.2) is 4.79 Å². The van der Waals surface area contributed by atoms with Crippen LogP contribution in [-0.4, -0.2) is 95.4 Å². The van der Waals surface area contributed by atoms with Gasteiger partial charge in [0.25, 0.3) is 0 Å². The molecule has 0 fully saturated rings. The van der Waals surface area contributed by atoms with E-state index in [2.05, 4.69) is 20.9 Å². The van der Waals surface area contributed by atoms with E-state index < -0.39 is 61.1 Å². The number of aliphatic imine (C=N–C) groups is 1. The van der Waals surface area contributed by atoms with Crippen molar-refractivity contribution < 1.29 is 34.5 Å². The van der Waals surface area contributed by atoms with Crippen LogP contribution in [0.1, 0.15) is 32.1 Å². The number of hydrogen-bond donors (Lipinski definition) is 10. The van der Waals surface area contributed by atoms with E-state index in [-0.39, 0.29) is 31.8 Å². The highest BCUT2D eigenvalue weighted by Gasteiger charge is 2.29. The quantitative estimate of drug-likeness (QED) is 0.0538. The maximum atomic E-state index is 12.7. The molecule has 0 saturated carbocycles. The van der Waals surface area contributed by atoms with Crippen LogP contribution in [0.3, 0.4) is 0 Å². The molecule has 0 aliphatic rings. The van der Waals surface area contributed by atoms with E-state index >= 15 is 0 Å². The van der Waals surface area contributed by atoms with Crippen LogP contribution in [-0.2, 0) is 19.2 Å². The predicted octanol–water partition coefficient (Wildman–Crippen LogP) is -4.98. The summed E-state index contributed by atoms with van der Waals surface area (Å²) in [6.07, 6.45) is 1.45. The number of unbranched alkanes of at least 4 members (excludes halogenated alkanes) is 1. The van der Waals surface area contributed by atoms with E-state index in [1.165, 1.54) is 0 Å². The third-order valence-corrected chi connectivity index (χ3v) is 4.49. The highest BCUT2D eigenvalue weighted by atomic mass is 16.4. The molecule has 0 aromatic carbocycles. The lowest BCUT2D eigenvalue weighted by molar-refractivity contribution is -0.142. The Morgan fingerprint density at radius 2 is 1.33 bits per heavy atom. The maximum absolute atomic E-state index is 12.7. The number of carbonyl (C=O) groups excluding carboxylic acids is 3. The first-order chi connectivity index (χ1) is 15.6. The fourth-order valence-electron chi connectivity index (χ4n) is 2.62. The Morgan fingerprint density at radius 3 is 1.85 bits per heavy atom. The number of carboxylic acid groups (broad SMARTS) is 1. The Balaban J connectivity index is 5.21. The molecule has 0 heterocycles. The molecule has 15 heteroatoms. The summed E-state index contributed by atoms with van der Waals surface area (Å²) in [7, 11) is 0. The monoisotopic (exact) mass is 476 g/mol. The van der Waals surface area contributed by atoms with E-state index in [1.54, 1.807) is 0 Å². The SMILES string of the molecule is NCCCCC(NC(=O)C(CO)NC(=O)C(CCCN=C(N)N)NC(=O)C(N)CO)C(=O)O. The van der Waals surface area contributed by atoms with Gasteiger partial charge in [-0.15, -0.1) is 0 Å². The maximum Gasteiger partial charge on any atom is 0.326 e. The van der Waals surface area contributed by atoms with Crippen LogP contribution in [0.15, 0.2) is 4.99 Å². The highest BCUT2D eigenvalue weighted by molar-refractivity contribution is 5.94. The Morgan fingerprint density at radius 1 is 0.788 bits per heavy atom. The van der Waals surface area contributed by atoms with Crippen LogP contribution < -0.4 is 38.9 Å². The molecule has 0 rings (SSSR count). The summed E-state index contributed by atoms with van der Waals surface area (Å²) >= 11 is 0. The van der Waals surface area contributed by atoms with E-state index in [1.807, 2.05) is 0 Å². The van der Waals surface area contributed by atoms with Crippen LogP contribution in [0.2, 0.25) is 0 Å². The third kappa shape index (κ3) is 12.6. The molecule has 0 radical (unpaired) electrons. The smallest absolute Gasteiger partial charge is 0.326 e. The zero-order chi connectivity index (χ0) is 25.4. The fraction of sp³-hybridized carbons (Fsp3) is 0.722. The first kappa shape index (κ1) is 30.0. The number of amides is 3. The van der Waals surface area contributed by atoms with Crippen molar-refractivity contribution in [1.29, 1.82) is 0 Å². The highest BCUT2D eigenvalue weighted by Crippen LogP contribution is 2.03. The van der Waals surface area contributed by atoms with Crippen LogP contribution in [0.5, 0.6) is 0 Å². The molecule has 4 unspecified atom stereocenters. The van der Waals surface area contributed by atoms with Crippen LogP contribution in [0, 0.1) is 0 Å². The van der Waals surface area contributed by atoms with Crippen molar-refractivity contribution >= 4 is 29.7 Å². The number of nitrogens with two attached hydrogens (primary N) is 4. The van der Waals surface area contributed by atoms with E-state index in [0.717, 1.165) is 0 Å². The zero-order valence-electron chi connectivity index (χ0n) is 18.4. The van der Waals surface area contributed by atoms with Gasteiger partial charge >= 0.3 is 5.97 Å². The summed E-state index contributed by atoms with van der Waals surface area (Å²) in [6.45, 7) is -0.957. The molecule has 3 amide bonds. The number of carbonyl (C=O) groups is 4. The van der Waals surface area contributed by atoms with Gasteiger partial charge in [0.1, 0.15) is 24.2 Å². The summed E-state index contributed by atoms with van der Waals surface area (Å²) in [4.78, 5) is 52.3. The Labute approximate surface area is 191 Å². The number of nitrogens with one attached hydrogen (secondary N) is 3. The largest absolute Gasteiger partial charge is 0.480 e. The van der Waals surface area contributed by atoms with E-state index in [9.17, 15) is 29.4 Å². The molecule has 33 heavy (non-hydrogen) atoms. The van der Waals surface area contributed by atoms with Gasteiger partial charge in [-0.3, -0.25) is 19.4 Å². The molecule has 14 N–H and O–H groups in total. The lowest BCUT2D eigenvalue weighted by Gasteiger charge is -2.24. The molecular formula is C18H36N8O7. The minimum atomic E-state index is -1.47. The van der Waals surface area contributed by atoms with Gasteiger partial charge in [-0.2, -0.15) is 0 Å². The summed E-state index contributed by atoms with van der Waals surface area (Å²) in [5.74, 6) is -3.98. The number of nitrogens with zero attached hydrogens (tertiary/aromatic N) is 1. The van der Waals surface area contributed by atoms with Crippen molar-refractivity contribution in [3.8, 4) is 0 Å². The predicted molar refractivity (Wildman–Crippen MR) is 118 cm³/mol. The number of rotatable bonds is 17. The van der Waals surface area contributed by atoms with Gasteiger partial charge in [-0.1, -0.05) is 0 Å². The molecule has 0 bridgehead atoms. The molecule has 190 valence electrons. The van der Waals surface area contributed by atoms with Gasteiger partial charge in [0.05, 0.1) is 13.2 Å². The summed E-state index contributed by atoms with van der Waals surface area (Å²) in [5, 5.41) is 34.7. The zero-order valence-corrected chi connectivity index (χ0v) is 18.4. The minimum Gasteiger partial charge on any atom is -0.480 e. The molecular weight excluding hydrogens is 440 g/mol. The van der Waals surface area contributed by atoms with Crippen LogP contribution >= 0.6 is 0 Å². The van der Waals surface area contributed by atoms with Gasteiger partial charge in [-0.05, 0) is 38.6 Å². The summed E-state index contributed by atoms with van der Waals surface area (Å²) < 4.78 is 0. The minimum absolute atomic E-state index is 0.0448. The molecule has 4 atom stereocenters. The third-order valence-electron chi connectivity index (χ3n) is 4.49. The molecule has 0 aliphatic heterocycles. The second kappa shape index (κ2) is 16.6. The Bertz CT molecular complexity index is 672. The van der Waals surface area contributed by atoms with Crippen molar-refractivity contribution in [2.75, 3.05) is 26.3 Å². The molecule has 0 spiro atoms. The number of guanidine groups is 1. The van der Waals surface area contributed by atoms with Crippen LogP contribution in [0.25, 0.3) is 0 Å². The van der Waals surface area contributed by atoms with Crippen molar-refractivity contribution in [2.45, 2.75) is 56.3 Å². The number of hydrogen-bond acceptors (Lipinski definition) is 9. The van der Waals surface area contributed by atoms with Crippen molar-refractivity contribution in [3.05, 3.63) is 0 Å². The van der Waals surface area contributed by atoms with Crippen molar-refractivity contribution in [2.24, 2.45) is 27.9 Å². The van der Waals surface area contributed by atoms with E-state index in [4.69, 9.17) is 28.0 Å². The molecule has 0 saturated heterocycles. The topological polar surface area (TPSA) is 282 Å². The first-order valence-corrected chi connectivity index (χ1v) is 10.4. The average Bonchev–Trinajstić information content (AvgIpc) is 2.77. The van der Waals surface area contributed by atoms with Crippen molar-refractivity contribution in [1.82, 2.24) is 16.0 Å². The van der Waals surface area contributed by atoms with Gasteiger partial charge in [0.2, 0.25) is 17.7 Å². The summed E-state index contributed by atoms with van der Waals surface area (Å²) in [5.41, 5.74) is 21.3. The number of aliphatic carboxylic acids is 1.